The van der Waals surface area contributed by atoms with Crippen LogP contribution < -0.4 is 10.1 Å². The van der Waals surface area contributed by atoms with Gasteiger partial charge in [-0.1, -0.05) is 32.0 Å². The third-order valence-electron chi connectivity index (χ3n) is 3.72. The van der Waals surface area contributed by atoms with E-state index < -0.39 is 12.1 Å². The van der Waals surface area contributed by atoms with Crippen LogP contribution in [-0.2, 0) is 19.1 Å². The molecule has 2 unspecified atom stereocenters. The smallest absolute Gasteiger partial charge is 0.335 e. The van der Waals surface area contributed by atoms with Gasteiger partial charge in [0.2, 0.25) is 0 Å². The van der Waals surface area contributed by atoms with Gasteiger partial charge in [0.15, 0.2) is 12.7 Å². The fourth-order valence-corrected chi connectivity index (χ4v) is 2.19. The highest BCUT2D eigenvalue weighted by atomic mass is 16.6. The molecule has 0 saturated carbocycles. The zero-order valence-electron chi connectivity index (χ0n) is 15.7. The summed E-state index contributed by atoms with van der Waals surface area (Å²) in [5.74, 6) is 0.287. The maximum atomic E-state index is 12.0. The standard InChI is InChI=1S/C19H29NO5/c1-13(2)10-11-24-15(4)19(22)25-12-18(21)20-14(3)16-8-6-7-9-17(16)23-5/h6-9,13-15H,10-12H2,1-5H3,(H,20,21). The summed E-state index contributed by atoms with van der Waals surface area (Å²) in [7, 11) is 1.58. The van der Waals surface area contributed by atoms with Crippen molar-refractivity contribution in [3.63, 3.8) is 0 Å². The lowest BCUT2D eigenvalue weighted by Gasteiger charge is -2.18. The van der Waals surface area contributed by atoms with Crippen molar-refractivity contribution in [2.24, 2.45) is 5.92 Å². The van der Waals surface area contributed by atoms with E-state index in [1.807, 2.05) is 31.2 Å². The number of amides is 1. The zero-order chi connectivity index (χ0) is 18.8. The van der Waals surface area contributed by atoms with E-state index in [4.69, 9.17) is 14.2 Å². The number of para-hydroxylation sites is 1. The lowest BCUT2D eigenvalue weighted by Crippen LogP contribution is -2.33. The third-order valence-corrected chi connectivity index (χ3v) is 3.72. The number of hydrogen-bond donors (Lipinski definition) is 1. The second kappa shape index (κ2) is 10.7. The van der Waals surface area contributed by atoms with Gasteiger partial charge in [0, 0.05) is 12.2 Å². The summed E-state index contributed by atoms with van der Waals surface area (Å²) in [6, 6.07) is 7.17. The summed E-state index contributed by atoms with van der Waals surface area (Å²) in [4.78, 5) is 23.8. The maximum Gasteiger partial charge on any atom is 0.335 e. The van der Waals surface area contributed by atoms with Crippen molar-refractivity contribution in [1.29, 1.82) is 0 Å². The number of methoxy groups -OCH3 is 1. The van der Waals surface area contributed by atoms with Gasteiger partial charge in [0.1, 0.15) is 5.75 Å². The van der Waals surface area contributed by atoms with Crippen LogP contribution >= 0.6 is 0 Å². The van der Waals surface area contributed by atoms with Crippen LogP contribution in [0.2, 0.25) is 0 Å². The molecule has 140 valence electrons. The van der Waals surface area contributed by atoms with Gasteiger partial charge in [0.05, 0.1) is 13.2 Å². The molecule has 1 aromatic carbocycles. The number of carbonyl (C=O) groups is 2. The number of benzene rings is 1. The van der Waals surface area contributed by atoms with E-state index in [0.717, 1.165) is 12.0 Å². The van der Waals surface area contributed by atoms with Crippen LogP contribution in [0.3, 0.4) is 0 Å². The van der Waals surface area contributed by atoms with E-state index in [0.29, 0.717) is 18.3 Å². The van der Waals surface area contributed by atoms with Gasteiger partial charge in [-0.3, -0.25) is 4.79 Å². The molecular weight excluding hydrogens is 322 g/mol. The van der Waals surface area contributed by atoms with Gasteiger partial charge in [-0.15, -0.1) is 0 Å². The number of rotatable bonds is 10. The molecule has 6 heteroatoms. The highest BCUT2D eigenvalue weighted by molar-refractivity contribution is 5.82. The van der Waals surface area contributed by atoms with Crippen molar-refractivity contribution in [1.82, 2.24) is 5.32 Å². The Hall–Kier alpha value is -2.08. The molecule has 25 heavy (non-hydrogen) atoms. The van der Waals surface area contributed by atoms with Crippen molar-refractivity contribution >= 4 is 11.9 Å². The van der Waals surface area contributed by atoms with Gasteiger partial charge in [0.25, 0.3) is 5.91 Å². The molecule has 0 bridgehead atoms. The molecule has 1 aromatic rings. The first kappa shape index (κ1) is 21.0. The molecule has 0 radical (unpaired) electrons. The molecule has 0 aliphatic rings. The number of carbonyl (C=O) groups excluding carboxylic acids is 2. The van der Waals surface area contributed by atoms with Crippen LogP contribution in [0.5, 0.6) is 5.75 Å². The minimum Gasteiger partial charge on any atom is -0.496 e. The Balaban J connectivity index is 2.40. The van der Waals surface area contributed by atoms with Crippen molar-refractivity contribution in [2.75, 3.05) is 20.3 Å². The van der Waals surface area contributed by atoms with Gasteiger partial charge in [-0.25, -0.2) is 4.79 Å². The fraction of sp³-hybridized carbons (Fsp3) is 0.579. The average molecular weight is 351 g/mol. The molecule has 0 saturated heterocycles. The van der Waals surface area contributed by atoms with Crippen molar-refractivity contribution < 1.29 is 23.8 Å². The Bertz CT molecular complexity index is 559. The predicted molar refractivity (Wildman–Crippen MR) is 95.4 cm³/mol. The van der Waals surface area contributed by atoms with Crippen LogP contribution in [0.1, 0.15) is 45.7 Å². The van der Waals surface area contributed by atoms with E-state index in [9.17, 15) is 9.59 Å². The first-order valence-electron chi connectivity index (χ1n) is 8.55. The van der Waals surface area contributed by atoms with Crippen molar-refractivity contribution in [3.8, 4) is 5.75 Å². The van der Waals surface area contributed by atoms with Crippen LogP contribution in [0.25, 0.3) is 0 Å². The van der Waals surface area contributed by atoms with E-state index in [-0.39, 0.29) is 18.6 Å². The molecule has 1 N–H and O–H groups in total. The summed E-state index contributed by atoms with van der Waals surface area (Å²) in [6.07, 6.45) is 0.187. The largest absolute Gasteiger partial charge is 0.496 e. The van der Waals surface area contributed by atoms with Crippen LogP contribution in [0.4, 0.5) is 0 Å². The molecule has 6 nitrogen and oxygen atoms in total. The Morgan fingerprint density at radius 3 is 2.44 bits per heavy atom. The van der Waals surface area contributed by atoms with E-state index in [1.165, 1.54) is 0 Å². The first-order chi connectivity index (χ1) is 11.8. The lowest BCUT2D eigenvalue weighted by molar-refractivity contribution is -0.159. The molecule has 1 rings (SSSR count). The number of nitrogens with one attached hydrogen (secondary N) is 1. The summed E-state index contributed by atoms with van der Waals surface area (Å²) in [5, 5.41) is 2.79. The Kier molecular flexibility index (Phi) is 8.99. The molecule has 2 atom stereocenters. The third kappa shape index (κ3) is 7.56. The molecule has 0 aromatic heterocycles. The summed E-state index contributed by atoms with van der Waals surface area (Å²) >= 11 is 0. The van der Waals surface area contributed by atoms with Crippen molar-refractivity contribution in [3.05, 3.63) is 29.8 Å². The molecular formula is C19H29NO5. The molecule has 0 heterocycles. The van der Waals surface area contributed by atoms with Crippen LogP contribution in [-0.4, -0.2) is 38.3 Å². The molecule has 0 aliphatic heterocycles. The number of esters is 1. The Labute approximate surface area is 149 Å². The van der Waals surface area contributed by atoms with E-state index in [2.05, 4.69) is 19.2 Å². The normalized spacial score (nSPS) is 13.2. The Morgan fingerprint density at radius 2 is 1.80 bits per heavy atom. The molecule has 0 aliphatic carbocycles. The minimum atomic E-state index is -0.682. The summed E-state index contributed by atoms with van der Waals surface area (Å²) in [6.45, 7) is 7.79. The van der Waals surface area contributed by atoms with Gasteiger partial charge < -0.3 is 19.5 Å². The Morgan fingerprint density at radius 1 is 1.12 bits per heavy atom. The highest BCUT2D eigenvalue weighted by Crippen LogP contribution is 2.24. The topological polar surface area (TPSA) is 73.9 Å². The average Bonchev–Trinajstić information content (AvgIpc) is 2.58. The number of ether oxygens (including phenoxy) is 3. The van der Waals surface area contributed by atoms with Gasteiger partial charge in [-0.2, -0.15) is 0 Å². The molecule has 1 amide bonds. The SMILES string of the molecule is COc1ccccc1C(C)NC(=O)COC(=O)C(C)OCCC(C)C. The quantitative estimate of drug-likeness (QED) is 0.656. The minimum absolute atomic E-state index is 0.262. The van der Waals surface area contributed by atoms with Gasteiger partial charge >= 0.3 is 5.97 Å². The summed E-state index contributed by atoms with van der Waals surface area (Å²) in [5.41, 5.74) is 0.857. The highest BCUT2D eigenvalue weighted by Gasteiger charge is 2.18. The van der Waals surface area contributed by atoms with E-state index >= 15 is 0 Å². The number of hydrogen-bond acceptors (Lipinski definition) is 5. The zero-order valence-corrected chi connectivity index (χ0v) is 15.7. The predicted octanol–water partition coefficient (Wildman–Crippen LogP) is 2.87. The summed E-state index contributed by atoms with van der Waals surface area (Å²) < 4.78 is 15.7. The van der Waals surface area contributed by atoms with Gasteiger partial charge in [-0.05, 0) is 32.3 Å². The van der Waals surface area contributed by atoms with Crippen LogP contribution in [0, 0.1) is 5.92 Å². The monoisotopic (exact) mass is 351 g/mol. The van der Waals surface area contributed by atoms with Crippen LogP contribution in [0.15, 0.2) is 24.3 Å². The molecule has 0 spiro atoms. The lowest BCUT2D eigenvalue weighted by atomic mass is 10.1. The van der Waals surface area contributed by atoms with Crippen molar-refractivity contribution in [2.45, 2.75) is 46.3 Å². The first-order valence-corrected chi connectivity index (χ1v) is 8.55. The fourth-order valence-electron chi connectivity index (χ4n) is 2.19. The maximum absolute atomic E-state index is 12.0. The second-order valence-corrected chi connectivity index (χ2v) is 6.33. The second-order valence-electron chi connectivity index (χ2n) is 6.33. The van der Waals surface area contributed by atoms with E-state index in [1.54, 1.807) is 14.0 Å². The molecule has 0 fully saturated rings.